The molecule has 0 spiro atoms. The van der Waals surface area contributed by atoms with Gasteiger partial charge < -0.3 is 10.2 Å². The average Bonchev–Trinajstić information content (AvgIpc) is 2.63. The first kappa shape index (κ1) is 14.1. The van der Waals surface area contributed by atoms with E-state index >= 15 is 0 Å². The molecule has 1 aromatic rings. The predicted octanol–water partition coefficient (Wildman–Crippen LogP) is 0.638. The molecule has 0 bridgehead atoms. The molecule has 0 aliphatic heterocycles. The van der Waals surface area contributed by atoms with Crippen molar-refractivity contribution in [2.45, 2.75) is 32.1 Å². The summed E-state index contributed by atoms with van der Waals surface area (Å²) in [6, 6.07) is -0.564. The van der Waals surface area contributed by atoms with Crippen LogP contribution in [0.4, 0.5) is 0 Å². The van der Waals surface area contributed by atoms with Gasteiger partial charge in [-0.25, -0.2) is 18.1 Å². The molecule has 0 radical (unpaired) electrons. The lowest BCUT2D eigenvalue weighted by Gasteiger charge is -2.15. The molecular formula is C9H15N3O3S2. The van der Waals surface area contributed by atoms with Crippen molar-refractivity contribution in [3.05, 3.63) is 17.8 Å². The van der Waals surface area contributed by atoms with Gasteiger partial charge in [0.2, 0.25) is 15.9 Å². The van der Waals surface area contributed by atoms with Crippen molar-refractivity contribution < 1.29 is 12.8 Å². The Morgan fingerprint density at radius 1 is 1.59 bits per heavy atom. The zero-order valence-corrected chi connectivity index (χ0v) is 11.4. The molecule has 1 aromatic heterocycles. The van der Waals surface area contributed by atoms with Crippen molar-refractivity contribution in [3.63, 3.8) is 0 Å². The van der Waals surface area contributed by atoms with Crippen molar-refractivity contribution >= 4 is 27.2 Å². The summed E-state index contributed by atoms with van der Waals surface area (Å²) in [6.07, 6.45) is 1.52. The lowest BCUT2D eigenvalue weighted by molar-refractivity contribution is 0.427. The number of thiocarbonyl (C=S) groups is 1. The van der Waals surface area contributed by atoms with Crippen molar-refractivity contribution in [2.75, 3.05) is 0 Å². The fourth-order valence-corrected chi connectivity index (χ4v) is 2.61. The number of aryl methyl sites for hydroxylation is 1. The van der Waals surface area contributed by atoms with E-state index in [9.17, 15) is 8.42 Å². The van der Waals surface area contributed by atoms with Crippen molar-refractivity contribution in [1.29, 1.82) is 0 Å². The topological polar surface area (TPSA) is 98.2 Å². The Morgan fingerprint density at radius 2 is 2.18 bits per heavy atom. The zero-order valence-electron chi connectivity index (χ0n) is 9.80. The van der Waals surface area contributed by atoms with Crippen molar-refractivity contribution in [1.82, 2.24) is 9.71 Å². The van der Waals surface area contributed by atoms with Crippen LogP contribution < -0.4 is 10.5 Å². The molecule has 2 unspecified atom stereocenters. The van der Waals surface area contributed by atoms with Crippen molar-refractivity contribution in [3.8, 4) is 0 Å². The number of sulfonamides is 1. The minimum Gasteiger partial charge on any atom is -0.444 e. The van der Waals surface area contributed by atoms with E-state index in [-0.39, 0.29) is 4.99 Å². The summed E-state index contributed by atoms with van der Waals surface area (Å²) in [7, 11) is -3.61. The highest BCUT2D eigenvalue weighted by Crippen LogP contribution is 2.14. The quantitative estimate of drug-likeness (QED) is 0.766. The molecule has 1 rings (SSSR count). The Labute approximate surface area is 106 Å². The third kappa shape index (κ3) is 3.48. The summed E-state index contributed by atoms with van der Waals surface area (Å²) in [5.41, 5.74) is 5.31. The molecule has 17 heavy (non-hydrogen) atoms. The molecule has 0 amide bonds. The number of hydrogen-bond donors (Lipinski definition) is 2. The first-order chi connectivity index (χ1) is 7.74. The fraction of sp³-hybridized carbons (Fsp3) is 0.556. The second kappa shape index (κ2) is 5.11. The van der Waals surface area contributed by atoms with Gasteiger partial charge in [0, 0.05) is 0 Å². The van der Waals surface area contributed by atoms with Crippen LogP contribution in [0.1, 0.15) is 31.5 Å². The first-order valence-electron chi connectivity index (χ1n) is 4.97. The number of rotatable bonds is 5. The summed E-state index contributed by atoms with van der Waals surface area (Å²) in [6.45, 7) is 4.79. The SMILES string of the molecule is Cc1cnc(C(C)NS(=O)(=O)C(C)C(N)=S)o1. The van der Waals surface area contributed by atoms with Gasteiger partial charge in [-0.3, -0.25) is 0 Å². The Kier molecular flexibility index (Phi) is 4.23. The van der Waals surface area contributed by atoms with E-state index in [4.69, 9.17) is 10.2 Å². The Balaban J connectivity index is 2.81. The van der Waals surface area contributed by atoms with Gasteiger partial charge in [-0.1, -0.05) is 12.2 Å². The largest absolute Gasteiger partial charge is 0.444 e. The van der Waals surface area contributed by atoms with E-state index in [1.807, 2.05) is 0 Å². The van der Waals surface area contributed by atoms with Crippen LogP contribution in [-0.4, -0.2) is 23.6 Å². The van der Waals surface area contributed by atoms with Crippen LogP contribution in [-0.2, 0) is 10.0 Å². The number of nitrogens with one attached hydrogen (secondary N) is 1. The van der Waals surface area contributed by atoms with Gasteiger partial charge in [-0.15, -0.1) is 0 Å². The van der Waals surface area contributed by atoms with E-state index in [1.165, 1.54) is 13.1 Å². The van der Waals surface area contributed by atoms with Gasteiger partial charge in [-0.05, 0) is 20.8 Å². The van der Waals surface area contributed by atoms with Crippen LogP contribution in [0.25, 0.3) is 0 Å². The normalized spacial score (nSPS) is 15.5. The summed E-state index contributed by atoms with van der Waals surface area (Å²) in [4.78, 5) is 3.87. The van der Waals surface area contributed by atoms with Gasteiger partial charge in [0.05, 0.1) is 17.2 Å². The maximum atomic E-state index is 11.8. The lowest BCUT2D eigenvalue weighted by atomic mass is 10.4. The van der Waals surface area contributed by atoms with E-state index in [1.54, 1.807) is 13.8 Å². The van der Waals surface area contributed by atoms with E-state index in [2.05, 4.69) is 21.9 Å². The van der Waals surface area contributed by atoms with Crippen molar-refractivity contribution in [2.24, 2.45) is 5.73 Å². The first-order valence-corrected chi connectivity index (χ1v) is 6.92. The minimum absolute atomic E-state index is 0.0757. The summed E-state index contributed by atoms with van der Waals surface area (Å²) < 4.78 is 31.3. The molecule has 3 N–H and O–H groups in total. The summed E-state index contributed by atoms with van der Waals surface area (Å²) >= 11 is 4.66. The fourth-order valence-electron chi connectivity index (χ4n) is 1.12. The molecule has 0 saturated heterocycles. The predicted molar refractivity (Wildman–Crippen MR) is 68.0 cm³/mol. The number of nitrogens with zero attached hydrogens (tertiary/aromatic N) is 1. The highest BCUT2D eigenvalue weighted by Gasteiger charge is 2.26. The second-order valence-electron chi connectivity index (χ2n) is 3.74. The number of aromatic nitrogens is 1. The van der Waals surface area contributed by atoms with Crippen LogP contribution in [0.3, 0.4) is 0 Å². The molecule has 0 aromatic carbocycles. The highest BCUT2D eigenvalue weighted by atomic mass is 32.2. The van der Waals surface area contributed by atoms with E-state index in [0.29, 0.717) is 11.7 Å². The van der Waals surface area contributed by atoms with E-state index < -0.39 is 21.3 Å². The van der Waals surface area contributed by atoms with Crippen LogP contribution in [0.15, 0.2) is 10.6 Å². The van der Waals surface area contributed by atoms with Crippen LogP contribution in [0.5, 0.6) is 0 Å². The molecule has 0 aliphatic carbocycles. The second-order valence-corrected chi connectivity index (χ2v) is 6.24. The summed E-state index contributed by atoms with van der Waals surface area (Å²) in [5, 5.41) is -0.934. The van der Waals surface area contributed by atoms with Crippen LogP contribution in [0.2, 0.25) is 0 Å². The number of hydrogen-bond acceptors (Lipinski definition) is 5. The maximum absolute atomic E-state index is 11.8. The number of oxazole rings is 1. The monoisotopic (exact) mass is 277 g/mol. The molecule has 0 fully saturated rings. The van der Waals surface area contributed by atoms with Gasteiger partial charge >= 0.3 is 0 Å². The van der Waals surface area contributed by atoms with Gasteiger partial charge in [0.1, 0.15) is 11.0 Å². The molecule has 2 atom stereocenters. The standard InChI is InChI=1S/C9H15N3O3S2/c1-5-4-11-9(15-5)6(2)12-17(13,14)7(3)8(10)16/h4,6-7,12H,1-3H3,(H2,10,16). The van der Waals surface area contributed by atoms with E-state index in [0.717, 1.165) is 0 Å². The molecular weight excluding hydrogens is 262 g/mol. The van der Waals surface area contributed by atoms with Gasteiger partial charge in [0.15, 0.2) is 0 Å². The summed E-state index contributed by atoms with van der Waals surface area (Å²) in [5.74, 6) is 0.926. The van der Waals surface area contributed by atoms with Gasteiger partial charge in [-0.2, -0.15) is 0 Å². The molecule has 96 valence electrons. The Morgan fingerprint density at radius 3 is 2.59 bits per heavy atom. The van der Waals surface area contributed by atoms with Crippen LogP contribution >= 0.6 is 12.2 Å². The molecule has 0 saturated carbocycles. The molecule has 6 nitrogen and oxygen atoms in total. The van der Waals surface area contributed by atoms with Gasteiger partial charge in [0.25, 0.3) is 0 Å². The number of nitrogens with two attached hydrogens (primary N) is 1. The zero-order chi connectivity index (χ0) is 13.2. The molecule has 1 heterocycles. The highest BCUT2D eigenvalue weighted by molar-refractivity contribution is 7.93. The smallest absolute Gasteiger partial charge is 0.221 e. The Bertz CT molecular complexity index is 509. The lowest BCUT2D eigenvalue weighted by Crippen LogP contribution is -2.41. The molecule has 8 heteroatoms. The molecule has 0 aliphatic rings. The van der Waals surface area contributed by atoms with Crippen LogP contribution in [0, 0.1) is 6.92 Å². The average molecular weight is 277 g/mol. The third-order valence-corrected chi connectivity index (χ3v) is 4.59. The maximum Gasteiger partial charge on any atom is 0.221 e. The Hall–Kier alpha value is -0.990. The third-order valence-electron chi connectivity index (χ3n) is 2.22. The minimum atomic E-state index is -3.61.